The van der Waals surface area contributed by atoms with Gasteiger partial charge in [0, 0.05) is 12.6 Å². The van der Waals surface area contributed by atoms with Crippen molar-refractivity contribution in [3.05, 3.63) is 0 Å². The Balaban J connectivity index is 2.45. The average Bonchev–Trinajstić information content (AvgIpc) is 2.11. The third kappa shape index (κ3) is 3.76. The summed E-state index contributed by atoms with van der Waals surface area (Å²) in [6, 6.07) is 0.419. The van der Waals surface area contributed by atoms with Crippen molar-refractivity contribution in [1.29, 1.82) is 0 Å². The standard InChI is InChI=1S/C13H28N2/c1-5-6-15(4)9-12-11(3)7-10(2)8-13(12)14/h10-13H,5-9,14H2,1-4H3. The highest BCUT2D eigenvalue weighted by molar-refractivity contribution is 4.86. The molecule has 90 valence electrons. The molecule has 1 rings (SSSR count). The number of hydrogen-bond donors (Lipinski definition) is 1. The zero-order chi connectivity index (χ0) is 11.4. The number of hydrogen-bond acceptors (Lipinski definition) is 2. The van der Waals surface area contributed by atoms with Crippen molar-refractivity contribution in [3.8, 4) is 0 Å². The third-order valence-electron chi connectivity index (χ3n) is 3.86. The molecule has 0 bridgehead atoms. The Bertz CT molecular complexity index is 169. The number of nitrogens with zero attached hydrogens (tertiary/aromatic N) is 1. The monoisotopic (exact) mass is 212 g/mol. The highest BCUT2D eigenvalue weighted by Gasteiger charge is 2.31. The summed E-state index contributed by atoms with van der Waals surface area (Å²) in [5, 5.41) is 0. The molecule has 0 spiro atoms. The molecule has 1 fully saturated rings. The van der Waals surface area contributed by atoms with Crippen LogP contribution in [-0.4, -0.2) is 31.1 Å². The first kappa shape index (κ1) is 13.0. The fourth-order valence-corrected chi connectivity index (χ4v) is 3.12. The summed E-state index contributed by atoms with van der Waals surface area (Å²) >= 11 is 0. The topological polar surface area (TPSA) is 29.3 Å². The van der Waals surface area contributed by atoms with E-state index in [1.165, 1.54) is 32.4 Å². The molecule has 4 atom stereocenters. The summed E-state index contributed by atoms with van der Waals surface area (Å²) in [4.78, 5) is 2.44. The van der Waals surface area contributed by atoms with E-state index in [1.54, 1.807) is 0 Å². The molecule has 2 nitrogen and oxygen atoms in total. The molecule has 0 aromatic heterocycles. The molecule has 15 heavy (non-hydrogen) atoms. The quantitative estimate of drug-likeness (QED) is 0.775. The Hall–Kier alpha value is -0.0800. The van der Waals surface area contributed by atoms with Gasteiger partial charge in [0.1, 0.15) is 0 Å². The number of nitrogens with two attached hydrogens (primary N) is 1. The molecule has 0 saturated heterocycles. The van der Waals surface area contributed by atoms with E-state index in [2.05, 4.69) is 32.7 Å². The van der Waals surface area contributed by atoms with Crippen molar-refractivity contribution in [2.45, 2.75) is 46.1 Å². The minimum Gasteiger partial charge on any atom is -0.327 e. The molecule has 4 unspecified atom stereocenters. The second-order valence-corrected chi connectivity index (χ2v) is 5.64. The van der Waals surface area contributed by atoms with E-state index < -0.39 is 0 Å². The van der Waals surface area contributed by atoms with Crippen LogP contribution >= 0.6 is 0 Å². The minimum atomic E-state index is 0.419. The van der Waals surface area contributed by atoms with E-state index >= 15 is 0 Å². The number of rotatable bonds is 4. The van der Waals surface area contributed by atoms with E-state index in [1.807, 2.05) is 0 Å². The molecular formula is C13H28N2. The molecular weight excluding hydrogens is 184 g/mol. The van der Waals surface area contributed by atoms with Crippen LogP contribution in [0.2, 0.25) is 0 Å². The Labute approximate surface area is 95.2 Å². The molecule has 0 aliphatic heterocycles. The van der Waals surface area contributed by atoms with E-state index in [-0.39, 0.29) is 0 Å². The van der Waals surface area contributed by atoms with Crippen LogP contribution in [0.25, 0.3) is 0 Å². The van der Waals surface area contributed by atoms with Crippen molar-refractivity contribution in [2.75, 3.05) is 20.1 Å². The van der Waals surface area contributed by atoms with Crippen LogP contribution < -0.4 is 5.73 Å². The lowest BCUT2D eigenvalue weighted by Gasteiger charge is -2.39. The molecule has 0 radical (unpaired) electrons. The van der Waals surface area contributed by atoms with Crippen LogP contribution in [0.1, 0.15) is 40.0 Å². The fraction of sp³-hybridized carbons (Fsp3) is 1.00. The van der Waals surface area contributed by atoms with E-state index in [4.69, 9.17) is 5.73 Å². The maximum Gasteiger partial charge on any atom is 0.00844 e. The van der Waals surface area contributed by atoms with Crippen molar-refractivity contribution >= 4 is 0 Å². The van der Waals surface area contributed by atoms with Gasteiger partial charge in [-0.05, 0) is 50.6 Å². The third-order valence-corrected chi connectivity index (χ3v) is 3.86. The Morgan fingerprint density at radius 3 is 2.47 bits per heavy atom. The lowest BCUT2D eigenvalue weighted by atomic mass is 9.72. The SMILES string of the molecule is CCCN(C)CC1C(C)CC(C)CC1N. The molecule has 0 aromatic rings. The second kappa shape index (κ2) is 5.86. The smallest absolute Gasteiger partial charge is 0.00844 e. The highest BCUT2D eigenvalue weighted by atomic mass is 15.1. The van der Waals surface area contributed by atoms with Gasteiger partial charge in [-0.3, -0.25) is 0 Å². The predicted octanol–water partition coefficient (Wildman–Crippen LogP) is 2.34. The summed E-state index contributed by atoms with van der Waals surface area (Å²) in [6.45, 7) is 9.33. The normalized spacial score (nSPS) is 37.2. The van der Waals surface area contributed by atoms with E-state index in [0.29, 0.717) is 12.0 Å². The van der Waals surface area contributed by atoms with Crippen LogP contribution in [0.5, 0.6) is 0 Å². The van der Waals surface area contributed by atoms with Crippen LogP contribution in [-0.2, 0) is 0 Å². The Morgan fingerprint density at radius 1 is 1.27 bits per heavy atom. The van der Waals surface area contributed by atoms with Crippen LogP contribution in [0.4, 0.5) is 0 Å². The maximum atomic E-state index is 6.28. The lowest BCUT2D eigenvalue weighted by molar-refractivity contribution is 0.130. The van der Waals surface area contributed by atoms with Crippen molar-refractivity contribution in [1.82, 2.24) is 4.90 Å². The molecule has 1 aliphatic carbocycles. The van der Waals surface area contributed by atoms with Gasteiger partial charge in [0.05, 0.1) is 0 Å². The van der Waals surface area contributed by atoms with Crippen LogP contribution in [0.3, 0.4) is 0 Å². The molecule has 0 amide bonds. The van der Waals surface area contributed by atoms with Gasteiger partial charge >= 0.3 is 0 Å². The minimum absolute atomic E-state index is 0.419. The maximum absolute atomic E-state index is 6.28. The predicted molar refractivity (Wildman–Crippen MR) is 66.8 cm³/mol. The van der Waals surface area contributed by atoms with E-state index in [0.717, 1.165) is 11.8 Å². The Kier molecular flexibility index (Phi) is 5.07. The fourth-order valence-electron chi connectivity index (χ4n) is 3.12. The van der Waals surface area contributed by atoms with Gasteiger partial charge in [-0.25, -0.2) is 0 Å². The first-order valence-corrected chi connectivity index (χ1v) is 6.48. The molecule has 2 N–H and O–H groups in total. The molecule has 2 heteroatoms. The van der Waals surface area contributed by atoms with Crippen molar-refractivity contribution in [3.63, 3.8) is 0 Å². The van der Waals surface area contributed by atoms with Gasteiger partial charge in [0.15, 0.2) is 0 Å². The zero-order valence-corrected chi connectivity index (χ0v) is 10.9. The largest absolute Gasteiger partial charge is 0.327 e. The molecule has 0 heterocycles. The highest BCUT2D eigenvalue weighted by Crippen LogP contribution is 2.33. The summed E-state index contributed by atoms with van der Waals surface area (Å²) in [7, 11) is 2.22. The average molecular weight is 212 g/mol. The second-order valence-electron chi connectivity index (χ2n) is 5.64. The summed E-state index contributed by atoms with van der Waals surface area (Å²) in [5.74, 6) is 2.32. The van der Waals surface area contributed by atoms with Crippen molar-refractivity contribution < 1.29 is 0 Å². The van der Waals surface area contributed by atoms with Gasteiger partial charge in [-0.1, -0.05) is 20.8 Å². The van der Waals surface area contributed by atoms with Gasteiger partial charge in [0.25, 0.3) is 0 Å². The first-order chi connectivity index (χ1) is 7.04. The molecule has 0 aromatic carbocycles. The molecule has 1 saturated carbocycles. The van der Waals surface area contributed by atoms with Crippen LogP contribution in [0.15, 0.2) is 0 Å². The van der Waals surface area contributed by atoms with Crippen molar-refractivity contribution in [2.24, 2.45) is 23.5 Å². The lowest BCUT2D eigenvalue weighted by Crippen LogP contribution is -2.46. The zero-order valence-electron chi connectivity index (χ0n) is 10.9. The molecule has 1 aliphatic rings. The summed E-state index contributed by atoms with van der Waals surface area (Å²) in [6.07, 6.45) is 3.82. The summed E-state index contributed by atoms with van der Waals surface area (Å²) in [5.41, 5.74) is 6.28. The Morgan fingerprint density at radius 2 is 1.93 bits per heavy atom. The first-order valence-electron chi connectivity index (χ1n) is 6.48. The van der Waals surface area contributed by atoms with Gasteiger partial charge < -0.3 is 10.6 Å². The summed E-state index contributed by atoms with van der Waals surface area (Å²) < 4.78 is 0. The van der Waals surface area contributed by atoms with Gasteiger partial charge in [0.2, 0.25) is 0 Å². The van der Waals surface area contributed by atoms with Crippen LogP contribution in [0, 0.1) is 17.8 Å². The van der Waals surface area contributed by atoms with Gasteiger partial charge in [-0.2, -0.15) is 0 Å². The van der Waals surface area contributed by atoms with E-state index in [9.17, 15) is 0 Å². The van der Waals surface area contributed by atoms with Gasteiger partial charge in [-0.15, -0.1) is 0 Å².